The van der Waals surface area contributed by atoms with E-state index in [-0.39, 0.29) is 41.0 Å². The molecule has 2 aromatic carbocycles. The zero-order valence-corrected chi connectivity index (χ0v) is 23.2. The first-order chi connectivity index (χ1) is 19.5. The van der Waals surface area contributed by atoms with E-state index in [1.54, 1.807) is 12.1 Å². The standard InChI is InChI=1S/C28H38N8O5/c1-3-15(2)23-27(40)34-20(6-4-5-11-29)26(39)35-21-12-16(24(30)37)7-8-17(21)14-41-22-10-9-18(33-28(31)32)13-19(22)25(38)36-23/h7-10,12-13,15,20,23H,3-6,11,14,29H2,1-2H3,(H2,30,37)(H,34,40)(H,35,39)(H,36,38)(H4,31,32,33)/t15-,20-,23-/m0/s1. The van der Waals surface area contributed by atoms with Crippen LogP contribution in [0, 0.1) is 11.3 Å². The van der Waals surface area contributed by atoms with Crippen LogP contribution in [0.4, 0.5) is 11.4 Å². The number of primary amides is 1. The molecule has 0 radical (unpaired) electrons. The van der Waals surface area contributed by atoms with Gasteiger partial charge in [0.05, 0.1) is 5.56 Å². The van der Waals surface area contributed by atoms with E-state index >= 15 is 0 Å². The number of carbonyl (C=O) groups is 4. The fraction of sp³-hybridized carbons (Fsp3) is 0.393. The number of rotatable bonds is 8. The molecule has 2 aromatic rings. The minimum atomic E-state index is -0.966. The van der Waals surface area contributed by atoms with Crippen molar-refractivity contribution in [3.8, 4) is 5.75 Å². The summed E-state index contributed by atoms with van der Waals surface area (Å²) >= 11 is 0. The second-order valence-corrected chi connectivity index (χ2v) is 9.95. The number of carbonyl (C=O) groups excluding carboxylic acids is 4. The largest absolute Gasteiger partial charge is 0.488 e. The van der Waals surface area contributed by atoms with Crippen molar-refractivity contribution in [3.63, 3.8) is 0 Å². The van der Waals surface area contributed by atoms with E-state index in [4.69, 9.17) is 27.3 Å². The van der Waals surface area contributed by atoms with Gasteiger partial charge >= 0.3 is 0 Å². The normalized spacial score (nSPS) is 18.3. The number of amides is 4. The number of nitrogens with one attached hydrogen (secondary N) is 5. The van der Waals surface area contributed by atoms with Crippen molar-refractivity contribution in [2.75, 3.05) is 17.2 Å². The number of fused-ring (bicyclic) bond motifs is 2. The Morgan fingerprint density at radius 3 is 2.51 bits per heavy atom. The molecular weight excluding hydrogens is 528 g/mol. The van der Waals surface area contributed by atoms with Gasteiger partial charge in [-0.3, -0.25) is 24.6 Å². The topological polar surface area (TPSA) is 228 Å². The third-order valence-electron chi connectivity index (χ3n) is 6.90. The van der Waals surface area contributed by atoms with E-state index in [1.165, 1.54) is 24.3 Å². The van der Waals surface area contributed by atoms with Gasteiger partial charge in [0.25, 0.3) is 5.91 Å². The molecule has 0 spiro atoms. The molecule has 13 heteroatoms. The van der Waals surface area contributed by atoms with Gasteiger partial charge in [0.1, 0.15) is 24.4 Å². The Kier molecular flexibility index (Phi) is 10.6. The first-order valence-electron chi connectivity index (χ1n) is 13.5. The summed E-state index contributed by atoms with van der Waals surface area (Å²) in [5.74, 6) is -2.69. The molecule has 1 aliphatic heterocycles. The van der Waals surface area contributed by atoms with Gasteiger partial charge in [-0.05, 0) is 62.1 Å². The zero-order valence-electron chi connectivity index (χ0n) is 23.2. The molecule has 1 aliphatic rings. The van der Waals surface area contributed by atoms with Gasteiger partial charge in [0, 0.05) is 22.5 Å². The van der Waals surface area contributed by atoms with Crippen molar-refractivity contribution in [2.24, 2.45) is 23.1 Å². The highest BCUT2D eigenvalue weighted by atomic mass is 16.5. The maximum atomic E-state index is 13.6. The fourth-order valence-electron chi connectivity index (χ4n) is 4.36. The lowest BCUT2D eigenvalue weighted by Crippen LogP contribution is -2.55. The van der Waals surface area contributed by atoms with Gasteiger partial charge in [0.2, 0.25) is 17.7 Å². The summed E-state index contributed by atoms with van der Waals surface area (Å²) in [7, 11) is 0. The predicted molar refractivity (Wildman–Crippen MR) is 155 cm³/mol. The van der Waals surface area contributed by atoms with Crippen LogP contribution in [0.15, 0.2) is 36.4 Å². The second-order valence-electron chi connectivity index (χ2n) is 9.95. The van der Waals surface area contributed by atoms with Crippen LogP contribution in [-0.2, 0) is 16.2 Å². The van der Waals surface area contributed by atoms with Crippen LogP contribution in [-0.4, -0.2) is 48.2 Å². The Labute approximate surface area is 238 Å². The Hall–Kier alpha value is -4.65. The average Bonchev–Trinajstić information content (AvgIpc) is 2.93. The number of ether oxygens (including phenoxy) is 1. The Bertz CT molecular complexity index is 1310. The highest BCUT2D eigenvalue weighted by molar-refractivity contribution is 6.03. The third kappa shape index (κ3) is 8.18. The highest BCUT2D eigenvalue weighted by Gasteiger charge is 2.31. The summed E-state index contributed by atoms with van der Waals surface area (Å²) in [6.45, 7) is 4.06. The summed E-state index contributed by atoms with van der Waals surface area (Å²) in [6, 6.07) is 7.22. The number of unbranched alkanes of at least 4 members (excludes halogenated alkanes) is 1. The average molecular weight is 567 g/mol. The molecule has 4 amide bonds. The van der Waals surface area contributed by atoms with Crippen LogP contribution < -0.4 is 43.2 Å². The lowest BCUT2D eigenvalue weighted by molar-refractivity contribution is -0.128. The van der Waals surface area contributed by atoms with Gasteiger partial charge in [-0.2, -0.15) is 0 Å². The number of hydrogen-bond acceptors (Lipinski definition) is 7. The molecule has 220 valence electrons. The van der Waals surface area contributed by atoms with Gasteiger partial charge in [-0.25, -0.2) is 0 Å². The van der Waals surface area contributed by atoms with Gasteiger partial charge in [0.15, 0.2) is 5.96 Å². The number of guanidine groups is 1. The number of nitrogens with two attached hydrogens (primary N) is 3. The minimum Gasteiger partial charge on any atom is -0.488 e. The van der Waals surface area contributed by atoms with Crippen LogP contribution in [0.3, 0.4) is 0 Å². The molecule has 0 saturated carbocycles. The molecule has 0 aliphatic carbocycles. The molecule has 13 nitrogen and oxygen atoms in total. The van der Waals surface area contributed by atoms with Gasteiger partial charge < -0.3 is 43.2 Å². The smallest absolute Gasteiger partial charge is 0.255 e. The van der Waals surface area contributed by atoms with Crippen molar-refractivity contribution in [2.45, 2.75) is 58.2 Å². The molecule has 41 heavy (non-hydrogen) atoms. The van der Waals surface area contributed by atoms with E-state index in [0.717, 1.165) is 0 Å². The SMILES string of the molecule is CC[C@H](C)[C@@H]1NC(=O)c2cc(NC(=N)N)ccc2OCc2ccc(C(N)=O)cc2NC(=O)[C@H](CCCCN)NC1=O. The monoisotopic (exact) mass is 566 g/mol. The van der Waals surface area contributed by atoms with Crippen molar-refractivity contribution in [3.05, 3.63) is 53.1 Å². The maximum absolute atomic E-state index is 13.6. The maximum Gasteiger partial charge on any atom is 0.255 e. The molecule has 0 bridgehead atoms. The quantitative estimate of drug-likeness (QED) is 0.132. The van der Waals surface area contributed by atoms with E-state index in [2.05, 4.69) is 21.3 Å². The van der Waals surface area contributed by atoms with Crippen LogP contribution in [0.5, 0.6) is 5.75 Å². The number of hydrogen-bond donors (Lipinski definition) is 8. The molecule has 1 heterocycles. The van der Waals surface area contributed by atoms with Crippen LogP contribution >= 0.6 is 0 Å². The molecular formula is C28H38N8O5. The third-order valence-corrected chi connectivity index (χ3v) is 6.90. The zero-order chi connectivity index (χ0) is 30.1. The summed E-state index contributed by atoms with van der Waals surface area (Å²) in [6.07, 6.45) is 2.10. The summed E-state index contributed by atoms with van der Waals surface area (Å²) in [5.41, 5.74) is 18.0. The van der Waals surface area contributed by atoms with Gasteiger partial charge in [-0.15, -0.1) is 0 Å². The molecule has 0 unspecified atom stereocenters. The fourth-order valence-corrected chi connectivity index (χ4v) is 4.36. The summed E-state index contributed by atoms with van der Waals surface area (Å²) < 4.78 is 6.02. The van der Waals surface area contributed by atoms with Gasteiger partial charge in [-0.1, -0.05) is 26.3 Å². The highest BCUT2D eigenvalue weighted by Crippen LogP contribution is 2.27. The van der Waals surface area contributed by atoms with Crippen LogP contribution in [0.25, 0.3) is 0 Å². The van der Waals surface area contributed by atoms with E-state index in [9.17, 15) is 19.2 Å². The Morgan fingerprint density at radius 2 is 1.85 bits per heavy atom. The molecule has 0 fully saturated rings. The lowest BCUT2D eigenvalue weighted by atomic mass is 9.96. The minimum absolute atomic E-state index is 0.0760. The molecule has 3 atom stereocenters. The summed E-state index contributed by atoms with van der Waals surface area (Å²) in [5, 5.41) is 18.6. The van der Waals surface area contributed by atoms with Crippen LogP contribution in [0.2, 0.25) is 0 Å². The Balaban J connectivity index is 2.12. The lowest BCUT2D eigenvalue weighted by Gasteiger charge is -2.27. The van der Waals surface area contributed by atoms with E-state index < -0.39 is 35.7 Å². The molecule has 11 N–H and O–H groups in total. The number of benzene rings is 2. The summed E-state index contributed by atoms with van der Waals surface area (Å²) in [4.78, 5) is 52.5. The van der Waals surface area contributed by atoms with Crippen LogP contribution in [0.1, 0.15) is 65.8 Å². The molecule has 0 saturated heterocycles. The van der Waals surface area contributed by atoms with Crippen molar-refractivity contribution in [1.29, 1.82) is 5.41 Å². The first-order valence-corrected chi connectivity index (χ1v) is 13.5. The van der Waals surface area contributed by atoms with Crippen molar-refractivity contribution < 1.29 is 23.9 Å². The molecule has 0 aromatic heterocycles. The second kappa shape index (κ2) is 14.1. The molecule has 3 rings (SSSR count). The first kappa shape index (κ1) is 30.9. The predicted octanol–water partition coefficient (Wildman–Crippen LogP) is 1.38. The Morgan fingerprint density at radius 1 is 1.10 bits per heavy atom. The number of anilines is 2. The van der Waals surface area contributed by atoms with E-state index in [0.29, 0.717) is 43.5 Å². The van der Waals surface area contributed by atoms with E-state index in [1.807, 2.05) is 13.8 Å². The van der Waals surface area contributed by atoms with Crippen molar-refractivity contribution in [1.82, 2.24) is 10.6 Å². The van der Waals surface area contributed by atoms with Crippen molar-refractivity contribution >= 4 is 41.0 Å².